The largest absolute Gasteiger partial charge is 0.103 e. The van der Waals surface area contributed by atoms with Gasteiger partial charge in [-0.3, -0.25) is 0 Å². The van der Waals surface area contributed by atoms with Crippen LogP contribution in [0.15, 0.2) is 12.7 Å². The zero-order valence-corrected chi connectivity index (χ0v) is 7.42. The summed E-state index contributed by atoms with van der Waals surface area (Å²) in [7, 11) is 0. The number of rotatable bonds is 1. The first-order valence-electron chi connectivity index (χ1n) is 4.95. The van der Waals surface area contributed by atoms with Gasteiger partial charge in [-0.25, -0.2) is 0 Å². The third-order valence-electron chi connectivity index (χ3n) is 3.95. The van der Waals surface area contributed by atoms with Crippen LogP contribution in [0.1, 0.15) is 32.6 Å². The minimum atomic E-state index is 0.838. The highest BCUT2D eigenvalue weighted by atomic mass is 14.5. The Morgan fingerprint density at radius 3 is 2.82 bits per heavy atom. The topological polar surface area (TPSA) is 0 Å². The molecule has 0 aromatic heterocycles. The van der Waals surface area contributed by atoms with Crippen molar-refractivity contribution < 1.29 is 0 Å². The summed E-state index contributed by atoms with van der Waals surface area (Å²) in [5.74, 6) is 3.89. The Bertz CT molecular complexity index is 159. The van der Waals surface area contributed by atoms with E-state index < -0.39 is 0 Å². The second-order valence-corrected chi connectivity index (χ2v) is 4.35. The van der Waals surface area contributed by atoms with Crippen molar-refractivity contribution in [2.75, 3.05) is 0 Å². The predicted molar refractivity (Wildman–Crippen MR) is 48.3 cm³/mol. The van der Waals surface area contributed by atoms with Crippen molar-refractivity contribution in [3.63, 3.8) is 0 Å². The molecule has 0 bridgehead atoms. The number of fused-ring (bicyclic) bond motifs is 1. The lowest BCUT2D eigenvalue weighted by molar-refractivity contribution is 0.356. The molecular weight excluding hydrogens is 132 g/mol. The van der Waals surface area contributed by atoms with E-state index in [9.17, 15) is 0 Å². The zero-order valence-electron chi connectivity index (χ0n) is 7.42. The third kappa shape index (κ3) is 1.04. The molecule has 2 aliphatic carbocycles. The van der Waals surface area contributed by atoms with Gasteiger partial charge in [-0.1, -0.05) is 25.8 Å². The van der Waals surface area contributed by atoms with Crippen molar-refractivity contribution in [2.45, 2.75) is 32.6 Å². The van der Waals surface area contributed by atoms with Gasteiger partial charge in [-0.2, -0.15) is 0 Å². The van der Waals surface area contributed by atoms with E-state index in [0.717, 1.165) is 23.7 Å². The van der Waals surface area contributed by atoms with E-state index in [0.29, 0.717) is 0 Å². The minimum Gasteiger partial charge on any atom is -0.103 e. The smallest absolute Gasteiger partial charge is 0.0205 e. The van der Waals surface area contributed by atoms with Gasteiger partial charge in [0.2, 0.25) is 0 Å². The average molecular weight is 150 g/mol. The maximum absolute atomic E-state index is 3.92. The van der Waals surface area contributed by atoms with Gasteiger partial charge in [0.15, 0.2) is 0 Å². The first kappa shape index (κ1) is 7.39. The highest BCUT2D eigenvalue weighted by molar-refractivity contribution is 4.98. The first-order chi connectivity index (χ1) is 5.33. The normalized spacial score (nSPS) is 49.2. The Morgan fingerprint density at radius 1 is 1.36 bits per heavy atom. The molecule has 0 saturated heterocycles. The van der Waals surface area contributed by atoms with Crippen molar-refractivity contribution >= 4 is 0 Å². The molecule has 4 atom stereocenters. The van der Waals surface area contributed by atoms with Crippen molar-refractivity contribution in [1.82, 2.24) is 0 Å². The van der Waals surface area contributed by atoms with Crippen molar-refractivity contribution in [3.8, 4) is 0 Å². The van der Waals surface area contributed by atoms with Crippen LogP contribution in [0.5, 0.6) is 0 Å². The van der Waals surface area contributed by atoms with Crippen LogP contribution < -0.4 is 0 Å². The summed E-state index contributed by atoms with van der Waals surface area (Å²) in [6.07, 6.45) is 8.11. The molecule has 62 valence electrons. The standard InChI is InChI=1S/C11H18/c1-3-9-7-10-5-4-6-11(10)8(9)2/h3,8-11H,1,4-7H2,2H3/t8-,9+,10?,11?/m0/s1. The lowest BCUT2D eigenvalue weighted by Crippen LogP contribution is -2.08. The molecule has 0 radical (unpaired) electrons. The molecule has 2 unspecified atom stereocenters. The quantitative estimate of drug-likeness (QED) is 0.503. The summed E-state index contributed by atoms with van der Waals surface area (Å²) >= 11 is 0. The highest BCUT2D eigenvalue weighted by Crippen LogP contribution is 2.50. The molecule has 2 rings (SSSR count). The summed E-state index contributed by atoms with van der Waals surface area (Å²) in [6.45, 7) is 6.34. The number of allylic oxidation sites excluding steroid dienone is 1. The fourth-order valence-electron chi connectivity index (χ4n) is 3.24. The molecule has 0 amide bonds. The Labute approximate surface area is 69.7 Å². The molecule has 0 aromatic rings. The van der Waals surface area contributed by atoms with Gasteiger partial charge in [0.25, 0.3) is 0 Å². The van der Waals surface area contributed by atoms with E-state index >= 15 is 0 Å². The Balaban J connectivity index is 2.09. The Hall–Kier alpha value is -0.260. The fourth-order valence-corrected chi connectivity index (χ4v) is 3.24. The van der Waals surface area contributed by atoms with Crippen LogP contribution in [0.4, 0.5) is 0 Å². The first-order valence-corrected chi connectivity index (χ1v) is 4.95. The van der Waals surface area contributed by atoms with Crippen molar-refractivity contribution in [1.29, 1.82) is 0 Å². The molecule has 0 heterocycles. The minimum absolute atomic E-state index is 0.838. The maximum atomic E-state index is 3.92. The van der Waals surface area contributed by atoms with Crippen LogP contribution in [-0.4, -0.2) is 0 Å². The van der Waals surface area contributed by atoms with Crippen molar-refractivity contribution in [2.24, 2.45) is 23.7 Å². The molecule has 2 saturated carbocycles. The molecule has 0 aromatic carbocycles. The Morgan fingerprint density at radius 2 is 2.18 bits per heavy atom. The molecule has 2 aliphatic rings. The van der Waals surface area contributed by atoms with Gasteiger partial charge in [-0.05, 0) is 36.5 Å². The van der Waals surface area contributed by atoms with Gasteiger partial charge in [0.05, 0.1) is 0 Å². The summed E-state index contributed by atoms with van der Waals surface area (Å²) in [4.78, 5) is 0. The van der Waals surface area contributed by atoms with Gasteiger partial charge in [0.1, 0.15) is 0 Å². The summed E-state index contributed by atoms with van der Waals surface area (Å²) in [5.41, 5.74) is 0. The SMILES string of the molecule is C=C[C@@H]1CC2CCCC2[C@H]1C. The number of hydrogen-bond acceptors (Lipinski definition) is 0. The summed E-state index contributed by atoms with van der Waals surface area (Å²) < 4.78 is 0. The number of hydrogen-bond donors (Lipinski definition) is 0. The molecule has 0 N–H and O–H groups in total. The maximum Gasteiger partial charge on any atom is -0.0205 e. The summed E-state index contributed by atoms with van der Waals surface area (Å²) in [5, 5.41) is 0. The molecule has 11 heavy (non-hydrogen) atoms. The highest BCUT2D eigenvalue weighted by Gasteiger charge is 2.41. The van der Waals surface area contributed by atoms with Crippen LogP contribution in [0.2, 0.25) is 0 Å². The lowest BCUT2D eigenvalue weighted by Gasteiger charge is -2.15. The van der Waals surface area contributed by atoms with Crippen molar-refractivity contribution in [3.05, 3.63) is 12.7 Å². The molecule has 0 spiro atoms. The van der Waals surface area contributed by atoms with E-state index in [1.807, 2.05) is 0 Å². The molecule has 0 heteroatoms. The second-order valence-electron chi connectivity index (χ2n) is 4.35. The van der Waals surface area contributed by atoms with Gasteiger partial charge < -0.3 is 0 Å². The second kappa shape index (κ2) is 2.66. The van der Waals surface area contributed by atoms with Crippen LogP contribution in [-0.2, 0) is 0 Å². The van der Waals surface area contributed by atoms with E-state index in [1.54, 1.807) is 0 Å². The van der Waals surface area contributed by atoms with Crippen LogP contribution in [0, 0.1) is 23.7 Å². The third-order valence-corrected chi connectivity index (χ3v) is 3.95. The molecule has 2 fully saturated rings. The van der Waals surface area contributed by atoms with Gasteiger partial charge >= 0.3 is 0 Å². The molecular formula is C11H18. The van der Waals surface area contributed by atoms with Crippen LogP contribution in [0.3, 0.4) is 0 Å². The van der Waals surface area contributed by atoms with E-state index in [1.165, 1.54) is 25.7 Å². The molecule has 0 nitrogen and oxygen atoms in total. The van der Waals surface area contributed by atoms with Crippen LogP contribution >= 0.6 is 0 Å². The monoisotopic (exact) mass is 150 g/mol. The zero-order chi connectivity index (χ0) is 7.84. The molecule has 0 aliphatic heterocycles. The van der Waals surface area contributed by atoms with Gasteiger partial charge in [-0.15, -0.1) is 6.58 Å². The van der Waals surface area contributed by atoms with Gasteiger partial charge in [0, 0.05) is 0 Å². The van der Waals surface area contributed by atoms with E-state index in [2.05, 4.69) is 19.6 Å². The predicted octanol–water partition coefficient (Wildman–Crippen LogP) is 3.24. The van der Waals surface area contributed by atoms with Crippen LogP contribution in [0.25, 0.3) is 0 Å². The fraction of sp³-hybridized carbons (Fsp3) is 0.818. The Kier molecular flexibility index (Phi) is 1.78. The average Bonchev–Trinajstić information content (AvgIpc) is 2.53. The van der Waals surface area contributed by atoms with E-state index in [4.69, 9.17) is 0 Å². The summed E-state index contributed by atoms with van der Waals surface area (Å²) in [6, 6.07) is 0. The lowest BCUT2D eigenvalue weighted by atomic mass is 9.90. The van der Waals surface area contributed by atoms with E-state index in [-0.39, 0.29) is 0 Å².